The maximum Gasteiger partial charge on any atom is 0.501 e. The van der Waals surface area contributed by atoms with Gasteiger partial charge in [-0.3, -0.25) is 0 Å². The minimum Gasteiger partial charge on any atom is -0.245 e. The number of hydrazine groups is 1. The van der Waals surface area contributed by atoms with Crippen molar-refractivity contribution >= 4 is 5.95 Å². The molecule has 2 aromatic heterocycles. The number of halogens is 3. The van der Waals surface area contributed by atoms with Crippen LogP contribution in [0.4, 0.5) is 19.1 Å². The smallest absolute Gasteiger partial charge is 0.245 e. The minimum absolute atomic E-state index is 0.189. The van der Waals surface area contributed by atoms with Crippen molar-refractivity contribution in [3.05, 3.63) is 41.2 Å². The van der Waals surface area contributed by atoms with E-state index < -0.39 is 22.9 Å². The maximum atomic E-state index is 12.3. The number of aromatic nitrogens is 4. The lowest BCUT2D eigenvalue weighted by molar-refractivity contribution is -0.130. The Hall–Kier alpha value is -2.49. The molecule has 0 bridgehead atoms. The first kappa shape index (κ1) is 13.0. The van der Waals surface area contributed by atoms with E-state index in [0.29, 0.717) is 0 Å². The molecule has 0 aliphatic heterocycles. The second kappa shape index (κ2) is 4.65. The van der Waals surface area contributed by atoms with Crippen LogP contribution in [-0.2, 0) is 0 Å². The van der Waals surface area contributed by atoms with Gasteiger partial charge in [-0.2, -0.15) is 9.99 Å². The summed E-state index contributed by atoms with van der Waals surface area (Å²) in [6, 6.07) is 4.71. The summed E-state index contributed by atoms with van der Waals surface area (Å²) in [5.41, 5.74) is -0.969. The average Bonchev–Trinajstić information content (AvgIpc) is 2.37. The van der Waals surface area contributed by atoms with E-state index >= 15 is 0 Å². The van der Waals surface area contributed by atoms with Crippen LogP contribution in [0.25, 0.3) is 5.82 Å². The van der Waals surface area contributed by atoms with E-state index in [1.54, 1.807) is 12.1 Å². The molecule has 2 heterocycles. The molecule has 7 nitrogen and oxygen atoms in total. The fraction of sp³-hybridized carbons (Fsp3) is 0.111. The van der Waals surface area contributed by atoms with E-state index in [2.05, 4.69) is 15.0 Å². The molecule has 2 N–H and O–H groups in total. The molecule has 0 saturated heterocycles. The first-order valence-corrected chi connectivity index (χ1v) is 4.88. The summed E-state index contributed by atoms with van der Waals surface area (Å²) in [6.07, 6.45) is -2.58. The molecule has 0 fully saturated rings. The van der Waals surface area contributed by atoms with Crippen molar-refractivity contribution in [3.63, 3.8) is 0 Å². The number of hydrogen-bond donors (Lipinski definition) is 1. The Bertz CT molecular complexity index is 626. The van der Waals surface area contributed by atoms with Crippen LogP contribution in [0.15, 0.2) is 35.5 Å². The third-order valence-electron chi connectivity index (χ3n) is 2.08. The van der Waals surface area contributed by atoms with E-state index in [1.807, 2.05) is 0 Å². The van der Waals surface area contributed by atoms with Crippen molar-refractivity contribution < 1.29 is 13.2 Å². The molecule has 0 amide bonds. The predicted octanol–water partition coefficient (Wildman–Crippen LogP) is 0.222. The number of hydrogen-bond acceptors (Lipinski definition) is 6. The van der Waals surface area contributed by atoms with Gasteiger partial charge in [-0.1, -0.05) is 6.07 Å². The van der Waals surface area contributed by atoms with Gasteiger partial charge >= 0.3 is 12.0 Å². The Labute approximate surface area is 104 Å². The van der Waals surface area contributed by atoms with Crippen molar-refractivity contribution in [3.8, 4) is 5.82 Å². The Morgan fingerprint density at radius 2 is 2.00 bits per heavy atom. The van der Waals surface area contributed by atoms with E-state index in [-0.39, 0.29) is 5.82 Å². The van der Waals surface area contributed by atoms with Gasteiger partial charge in [0.2, 0.25) is 0 Å². The van der Waals surface area contributed by atoms with Crippen molar-refractivity contribution in [2.75, 3.05) is 5.01 Å². The van der Waals surface area contributed by atoms with Crippen LogP contribution in [-0.4, -0.2) is 25.8 Å². The minimum atomic E-state index is -4.87. The molecule has 19 heavy (non-hydrogen) atoms. The van der Waals surface area contributed by atoms with Crippen LogP contribution in [0.3, 0.4) is 0 Å². The molecule has 0 atom stereocenters. The molecule has 2 rings (SSSR count). The third kappa shape index (κ3) is 2.68. The number of alkyl halides is 3. The molecule has 0 radical (unpaired) electrons. The Morgan fingerprint density at radius 3 is 2.53 bits per heavy atom. The molecule has 10 heteroatoms. The molecule has 0 aromatic carbocycles. The van der Waals surface area contributed by atoms with Gasteiger partial charge in [0.25, 0.3) is 5.95 Å². The van der Waals surface area contributed by atoms with E-state index in [9.17, 15) is 18.0 Å². The number of nitrogens with two attached hydrogens (primary N) is 1. The molecule has 0 saturated carbocycles. The highest BCUT2D eigenvalue weighted by Crippen LogP contribution is 2.20. The van der Waals surface area contributed by atoms with Crippen molar-refractivity contribution in [2.24, 2.45) is 5.84 Å². The standard InChI is InChI=1S/C9H7F3N6O/c10-9(11,12)18(13)7-15-5-17(8(19)16-7)6-3-1-2-4-14-6/h1-5H,13H2. The van der Waals surface area contributed by atoms with Crippen LogP contribution in [0.1, 0.15) is 0 Å². The lowest BCUT2D eigenvalue weighted by Crippen LogP contribution is -2.46. The highest BCUT2D eigenvalue weighted by atomic mass is 19.4. The van der Waals surface area contributed by atoms with Gasteiger partial charge in [0.05, 0.1) is 0 Å². The molecular weight excluding hydrogens is 265 g/mol. The first-order valence-electron chi connectivity index (χ1n) is 4.88. The first-order chi connectivity index (χ1) is 8.89. The van der Waals surface area contributed by atoms with Gasteiger partial charge in [0, 0.05) is 6.20 Å². The Morgan fingerprint density at radius 1 is 1.26 bits per heavy atom. The van der Waals surface area contributed by atoms with Crippen molar-refractivity contribution in [2.45, 2.75) is 6.30 Å². The lowest BCUT2D eigenvalue weighted by atomic mass is 10.5. The maximum absolute atomic E-state index is 12.3. The predicted molar refractivity (Wildman–Crippen MR) is 58.1 cm³/mol. The highest BCUT2D eigenvalue weighted by molar-refractivity contribution is 5.28. The molecule has 0 aliphatic carbocycles. The van der Waals surface area contributed by atoms with Crippen LogP contribution < -0.4 is 16.5 Å². The van der Waals surface area contributed by atoms with Gasteiger partial charge in [0.1, 0.15) is 12.1 Å². The topological polar surface area (TPSA) is 89.9 Å². The van der Waals surface area contributed by atoms with E-state index in [1.165, 1.54) is 12.3 Å². The zero-order valence-corrected chi connectivity index (χ0v) is 9.24. The van der Waals surface area contributed by atoms with Crippen LogP contribution in [0, 0.1) is 0 Å². The van der Waals surface area contributed by atoms with Gasteiger partial charge in [-0.05, 0) is 12.1 Å². The van der Waals surface area contributed by atoms with Gasteiger partial charge in [-0.15, -0.1) is 13.2 Å². The van der Waals surface area contributed by atoms with Crippen LogP contribution in [0.2, 0.25) is 0 Å². The normalized spacial score (nSPS) is 11.4. The zero-order valence-electron chi connectivity index (χ0n) is 9.24. The molecule has 0 unspecified atom stereocenters. The Kier molecular flexibility index (Phi) is 3.17. The van der Waals surface area contributed by atoms with E-state index in [4.69, 9.17) is 5.84 Å². The molecule has 0 aliphatic rings. The summed E-state index contributed by atoms with van der Waals surface area (Å²) in [6.45, 7) is 0. The fourth-order valence-electron chi connectivity index (χ4n) is 1.21. The molecule has 2 aromatic rings. The molecule has 0 spiro atoms. The number of pyridine rings is 1. The fourth-order valence-corrected chi connectivity index (χ4v) is 1.21. The monoisotopic (exact) mass is 272 g/mol. The zero-order chi connectivity index (χ0) is 14.0. The Balaban J connectivity index is 2.41. The van der Waals surface area contributed by atoms with Gasteiger partial charge in [-0.25, -0.2) is 25.2 Å². The van der Waals surface area contributed by atoms with Crippen LogP contribution >= 0.6 is 0 Å². The third-order valence-corrected chi connectivity index (χ3v) is 2.08. The second-order valence-electron chi connectivity index (χ2n) is 3.33. The number of anilines is 1. The summed E-state index contributed by atoms with van der Waals surface area (Å²) in [7, 11) is 0. The molecular formula is C9H7F3N6O. The highest BCUT2D eigenvalue weighted by Gasteiger charge is 2.37. The summed E-state index contributed by atoms with van der Waals surface area (Å²) in [4.78, 5) is 22.0. The summed E-state index contributed by atoms with van der Waals surface area (Å²) >= 11 is 0. The number of rotatable bonds is 2. The summed E-state index contributed by atoms with van der Waals surface area (Å²) < 4.78 is 37.8. The van der Waals surface area contributed by atoms with Gasteiger partial charge in [0.15, 0.2) is 0 Å². The van der Waals surface area contributed by atoms with Gasteiger partial charge < -0.3 is 0 Å². The largest absolute Gasteiger partial charge is 0.501 e. The molecule has 100 valence electrons. The lowest BCUT2D eigenvalue weighted by Gasteiger charge is -2.18. The quantitative estimate of drug-likeness (QED) is 0.478. The number of nitrogens with zero attached hydrogens (tertiary/aromatic N) is 5. The SMILES string of the molecule is NN(c1ncn(-c2ccccn2)c(=O)n1)C(F)(F)F. The van der Waals surface area contributed by atoms with Crippen molar-refractivity contribution in [1.29, 1.82) is 0 Å². The second-order valence-corrected chi connectivity index (χ2v) is 3.33. The van der Waals surface area contributed by atoms with Crippen molar-refractivity contribution in [1.82, 2.24) is 19.5 Å². The summed E-state index contributed by atoms with van der Waals surface area (Å²) in [5.74, 6) is 4.00. The summed E-state index contributed by atoms with van der Waals surface area (Å²) in [5, 5.41) is -0.642. The average molecular weight is 272 g/mol. The van der Waals surface area contributed by atoms with E-state index in [0.717, 1.165) is 10.9 Å². The van der Waals surface area contributed by atoms with Crippen LogP contribution in [0.5, 0.6) is 0 Å².